The maximum atomic E-state index is 10.5. The molecule has 3 aromatic carbocycles. The first kappa shape index (κ1) is 12.3. The first-order valence-corrected chi connectivity index (χ1v) is 6.43. The van der Waals surface area contributed by atoms with E-state index in [0.29, 0.717) is 11.1 Å². The molecule has 0 spiro atoms. The number of rotatable bonds is 2. The molecule has 0 atom stereocenters. The van der Waals surface area contributed by atoms with E-state index < -0.39 is 0 Å². The molecule has 20 heavy (non-hydrogen) atoms. The fourth-order valence-electron chi connectivity index (χ4n) is 2.31. The first-order valence-electron chi connectivity index (χ1n) is 6.43. The Morgan fingerprint density at radius 1 is 0.500 bits per heavy atom. The first-order chi connectivity index (χ1) is 9.77. The molecule has 2 N–H and O–H groups in total. The van der Waals surface area contributed by atoms with E-state index in [1.165, 1.54) is 0 Å². The van der Waals surface area contributed by atoms with Crippen LogP contribution in [0.25, 0.3) is 22.3 Å². The zero-order valence-corrected chi connectivity index (χ0v) is 10.8. The van der Waals surface area contributed by atoms with Gasteiger partial charge in [0.1, 0.15) is 11.5 Å². The minimum Gasteiger partial charge on any atom is -0.507 e. The second-order valence-electron chi connectivity index (χ2n) is 4.58. The Balaban J connectivity index is 2.19. The minimum atomic E-state index is 0.160. The monoisotopic (exact) mass is 262 g/mol. The minimum absolute atomic E-state index is 0.160. The smallest absolute Gasteiger partial charge is 0.131 e. The topological polar surface area (TPSA) is 40.5 Å². The maximum Gasteiger partial charge on any atom is 0.131 e. The lowest BCUT2D eigenvalue weighted by Crippen LogP contribution is -1.84. The van der Waals surface area contributed by atoms with Gasteiger partial charge in [-0.2, -0.15) is 0 Å². The second kappa shape index (κ2) is 5.10. The Morgan fingerprint density at radius 3 is 1.85 bits per heavy atom. The summed E-state index contributed by atoms with van der Waals surface area (Å²) in [6.07, 6.45) is 0. The molecule has 3 rings (SSSR count). The molecule has 2 nitrogen and oxygen atoms in total. The third kappa shape index (κ3) is 2.12. The Morgan fingerprint density at radius 2 is 1.10 bits per heavy atom. The van der Waals surface area contributed by atoms with Crippen molar-refractivity contribution >= 4 is 0 Å². The van der Waals surface area contributed by atoms with Gasteiger partial charge in [-0.1, -0.05) is 66.7 Å². The summed E-state index contributed by atoms with van der Waals surface area (Å²) in [4.78, 5) is 0. The number of aromatic hydroxyl groups is 2. The van der Waals surface area contributed by atoms with E-state index in [1.807, 2.05) is 48.5 Å². The third-order valence-electron chi connectivity index (χ3n) is 3.32. The van der Waals surface area contributed by atoms with Gasteiger partial charge < -0.3 is 10.2 Å². The number of para-hydroxylation sites is 2. The van der Waals surface area contributed by atoms with E-state index >= 15 is 0 Å². The van der Waals surface area contributed by atoms with Crippen molar-refractivity contribution < 1.29 is 10.2 Å². The standard InChI is InChI=1S/C18H14O2/c19-17-12-5-4-9-15(17)16-11-6-10-14(18(16)20)13-7-2-1-3-8-13/h1-12,19-20H. The summed E-state index contributed by atoms with van der Waals surface area (Å²) in [5.74, 6) is 0.341. The van der Waals surface area contributed by atoms with E-state index in [2.05, 4.69) is 0 Å². The Labute approximate surface area is 117 Å². The van der Waals surface area contributed by atoms with E-state index in [9.17, 15) is 10.2 Å². The second-order valence-corrected chi connectivity index (χ2v) is 4.58. The van der Waals surface area contributed by atoms with Crippen LogP contribution in [0.4, 0.5) is 0 Å². The Kier molecular flexibility index (Phi) is 3.13. The predicted octanol–water partition coefficient (Wildman–Crippen LogP) is 4.43. The molecule has 0 saturated carbocycles. The zero-order valence-electron chi connectivity index (χ0n) is 10.8. The largest absolute Gasteiger partial charge is 0.507 e. The third-order valence-corrected chi connectivity index (χ3v) is 3.32. The van der Waals surface area contributed by atoms with Crippen molar-refractivity contribution in [3.05, 3.63) is 72.8 Å². The molecule has 98 valence electrons. The normalized spacial score (nSPS) is 10.4. The molecule has 0 unspecified atom stereocenters. The van der Waals surface area contributed by atoms with E-state index in [4.69, 9.17) is 0 Å². The van der Waals surface area contributed by atoms with Crippen LogP contribution in [0.3, 0.4) is 0 Å². The Hall–Kier alpha value is -2.74. The van der Waals surface area contributed by atoms with Gasteiger partial charge in [0, 0.05) is 16.7 Å². The van der Waals surface area contributed by atoms with Crippen LogP contribution >= 0.6 is 0 Å². The molecule has 2 heteroatoms. The summed E-state index contributed by atoms with van der Waals surface area (Å²) >= 11 is 0. The fourth-order valence-corrected chi connectivity index (χ4v) is 2.31. The number of phenols is 2. The van der Waals surface area contributed by atoms with Gasteiger partial charge in [-0.15, -0.1) is 0 Å². The lowest BCUT2D eigenvalue weighted by molar-refractivity contribution is 0.470. The van der Waals surface area contributed by atoms with Crippen LogP contribution in [0.1, 0.15) is 0 Å². The van der Waals surface area contributed by atoms with Gasteiger partial charge in [0.2, 0.25) is 0 Å². The molecule has 0 saturated heterocycles. The predicted molar refractivity (Wildman–Crippen MR) is 80.6 cm³/mol. The van der Waals surface area contributed by atoms with Gasteiger partial charge in [-0.25, -0.2) is 0 Å². The lowest BCUT2D eigenvalue weighted by atomic mass is 9.97. The van der Waals surface area contributed by atoms with Gasteiger partial charge in [0.05, 0.1) is 0 Å². The molecule has 0 aromatic heterocycles. The summed E-state index contributed by atoms with van der Waals surface area (Å²) in [5.41, 5.74) is 2.96. The highest BCUT2D eigenvalue weighted by Crippen LogP contribution is 2.40. The molecular weight excluding hydrogens is 248 g/mol. The van der Waals surface area contributed by atoms with Crippen LogP contribution in [0, 0.1) is 0 Å². The van der Waals surface area contributed by atoms with Crippen molar-refractivity contribution in [2.24, 2.45) is 0 Å². The van der Waals surface area contributed by atoms with Crippen LogP contribution in [0.15, 0.2) is 72.8 Å². The lowest BCUT2D eigenvalue weighted by Gasteiger charge is -2.11. The van der Waals surface area contributed by atoms with Crippen molar-refractivity contribution in [1.29, 1.82) is 0 Å². The molecular formula is C18H14O2. The van der Waals surface area contributed by atoms with E-state index in [-0.39, 0.29) is 11.5 Å². The summed E-state index contributed by atoms with van der Waals surface area (Å²) < 4.78 is 0. The van der Waals surface area contributed by atoms with Gasteiger partial charge in [-0.3, -0.25) is 0 Å². The Bertz CT molecular complexity index is 733. The molecule has 0 aliphatic rings. The number of hydrogen-bond acceptors (Lipinski definition) is 2. The quantitative estimate of drug-likeness (QED) is 0.717. The molecule has 0 aliphatic heterocycles. The summed E-state index contributed by atoms with van der Waals surface area (Å²) in [5, 5.41) is 20.4. The highest BCUT2D eigenvalue weighted by Gasteiger charge is 2.12. The zero-order chi connectivity index (χ0) is 13.9. The van der Waals surface area contributed by atoms with E-state index in [1.54, 1.807) is 24.3 Å². The summed E-state index contributed by atoms with van der Waals surface area (Å²) in [6.45, 7) is 0. The van der Waals surface area contributed by atoms with Crippen LogP contribution in [-0.4, -0.2) is 10.2 Å². The van der Waals surface area contributed by atoms with Gasteiger partial charge in [-0.05, 0) is 11.6 Å². The number of benzene rings is 3. The molecule has 0 radical (unpaired) electrons. The molecule has 0 amide bonds. The molecule has 0 aliphatic carbocycles. The number of hydrogen-bond donors (Lipinski definition) is 2. The molecule has 0 bridgehead atoms. The van der Waals surface area contributed by atoms with Crippen molar-refractivity contribution in [3.8, 4) is 33.8 Å². The van der Waals surface area contributed by atoms with Crippen LogP contribution in [-0.2, 0) is 0 Å². The SMILES string of the molecule is Oc1ccccc1-c1cccc(-c2ccccc2)c1O. The van der Waals surface area contributed by atoms with Gasteiger partial charge >= 0.3 is 0 Å². The van der Waals surface area contributed by atoms with Gasteiger partial charge in [0.25, 0.3) is 0 Å². The highest BCUT2D eigenvalue weighted by molar-refractivity contribution is 5.84. The van der Waals surface area contributed by atoms with Crippen molar-refractivity contribution in [1.82, 2.24) is 0 Å². The average molecular weight is 262 g/mol. The highest BCUT2D eigenvalue weighted by atomic mass is 16.3. The average Bonchev–Trinajstić information content (AvgIpc) is 2.49. The fraction of sp³-hybridized carbons (Fsp3) is 0. The van der Waals surface area contributed by atoms with Crippen LogP contribution in [0.2, 0.25) is 0 Å². The van der Waals surface area contributed by atoms with Crippen LogP contribution < -0.4 is 0 Å². The molecule has 0 heterocycles. The van der Waals surface area contributed by atoms with Crippen molar-refractivity contribution in [3.63, 3.8) is 0 Å². The maximum absolute atomic E-state index is 10.5. The van der Waals surface area contributed by atoms with E-state index in [0.717, 1.165) is 11.1 Å². The van der Waals surface area contributed by atoms with Crippen LogP contribution in [0.5, 0.6) is 11.5 Å². The van der Waals surface area contributed by atoms with Crippen molar-refractivity contribution in [2.45, 2.75) is 0 Å². The number of phenolic OH excluding ortho intramolecular Hbond substituents is 2. The van der Waals surface area contributed by atoms with Gasteiger partial charge in [0.15, 0.2) is 0 Å². The molecule has 3 aromatic rings. The summed E-state index contributed by atoms with van der Waals surface area (Å²) in [6, 6.07) is 22.3. The molecule has 0 fully saturated rings. The summed E-state index contributed by atoms with van der Waals surface area (Å²) in [7, 11) is 0. The van der Waals surface area contributed by atoms with Crippen molar-refractivity contribution in [2.75, 3.05) is 0 Å².